The van der Waals surface area contributed by atoms with E-state index >= 15 is 0 Å². The van der Waals surface area contributed by atoms with Gasteiger partial charge in [0.1, 0.15) is 0 Å². The van der Waals surface area contributed by atoms with Crippen LogP contribution in [0.3, 0.4) is 0 Å². The zero-order chi connectivity index (χ0) is 13.9. The molecule has 1 atom stereocenters. The molecule has 1 aliphatic heterocycles. The van der Waals surface area contributed by atoms with Gasteiger partial charge >= 0.3 is 0 Å². The van der Waals surface area contributed by atoms with Crippen molar-refractivity contribution in [3.8, 4) is 0 Å². The molecular weight excluding hydrogens is 266 g/mol. The molecule has 2 heterocycles. The van der Waals surface area contributed by atoms with Crippen molar-refractivity contribution in [2.75, 3.05) is 6.54 Å². The minimum atomic E-state index is 0.0956. The molecule has 0 bridgehead atoms. The highest BCUT2D eigenvalue weighted by Crippen LogP contribution is 2.32. The van der Waals surface area contributed by atoms with Crippen molar-refractivity contribution in [2.24, 2.45) is 0 Å². The third kappa shape index (κ3) is 2.54. The van der Waals surface area contributed by atoms with Crippen LogP contribution in [-0.4, -0.2) is 17.4 Å². The van der Waals surface area contributed by atoms with Crippen LogP contribution in [0, 0.1) is 0 Å². The Morgan fingerprint density at radius 3 is 2.90 bits per heavy atom. The summed E-state index contributed by atoms with van der Waals surface area (Å²) in [6.07, 6.45) is 4.55. The molecule has 0 spiro atoms. The van der Waals surface area contributed by atoms with Crippen molar-refractivity contribution in [1.82, 2.24) is 4.90 Å². The third-order valence-corrected chi connectivity index (χ3v) is 4.77. The number of benzene rings is 1. The molecule has 2 nitrogen and oxygen atoms in total. The fraction of sp³-hybridized carbons (Fsp3) is 0.235. The minimum Gasteiger partial charge on any atom is -0.332 e. The smallest absolute Gasteiger partial charge is 0.247 e. The van der Waals surface area contributed by atoms with Crippen LogP contribution in [0.15, 0.2) is 47.9 Å². The van der Waals surface area contributed by atoms with E-state index in [9.17, 15) is 4.79 Å². The summed E-state index contributed by atoms with van der Waals surface area (Å²) in [7, 11) is 0. The van der Waals surface area contributed by atoms with Gasteiger partial charge in [-0.3, -0.25) is 4.79 Å². The summed E-state index contributed by atoms with van der Waals surface area (Å²) in [4.78, 5) is 15.7. The van der Waals surface area contributed by atoms with Crippen LogP contribution in [0.5, 0.6) is 0 Å². The number of carbonyl (C=O) groups is 1. The summed E-state index contributed by atoms with van der Waals surface area (Å²) in [6.45, 7) is 2.92. The normalized spacial score (nSPS) is 18.2. The van der Waals surface area contributed by atoms with Crippen molar-refractivity contribution in [1.29, 1.82) is 0 Å². The van der Waals surface area contributed by atoms with E-state index in [0.717, 1.165) is 18.5 Å². The average molecular weight is 283 g/mol. The zero-order valence-corrected chi connectivity index (χ0v) is 12.3. The number of hydrogen-bond donors (Lipinski definition) is 0. The monoisotopic (exact) mass is 283 g/mol. The molecule has 102 valence electrons. The molecule has 0 saturated heterocycles. The van der Waals surface area contributed by atoms with Gasteiger partial charge in [0, 0.05) is 17.5 Å². The van der Waals surface area contributed by atoms with Crippen molar-refractivity contribution >= 4 is 23.3 Å². The van der Waals surface area contributed by atoms with Gasteiger partial charge in [0.25, 0.3) is 0 Å². The number of rotatable bonds is 2. The Labute approximate surface area is 123 Å². The summed E-state index contributed by atoms with van der Waals surface area (Å²) < 4.78 is 0. The maximum absolute atomic E-state index is 12.4. The maximum Gasteiger partial charge on any atom is 0.247 e. The van der Waals surface area contributed by atoms with Gasteiger partial charge in [-0.05, 0) is 42.0 Å². The van der Waals surface area contributed by atoms with E-state index in [1.165, 1.54) is 10.4 Å². The molecule has 1 aromatic heterocycles. The first-order valence-electron chi connectivity index (χ1n) is 6.85. The Bertz CT molecular complexity index is 629. The molecule has 0 aliphatic carbocycles. The fourth-order valence-corrected chi connectivity index (χ4v) is 3.60. The molecule has 1 amide bonds. The number of hydrogen-bond acceptors (Lipinski definition) is 2. The van der Waals surface area contributed by atoms with Gasteiger partial charge in [-0.25, -0.2) is 0 Å². The Hall–Kier alpha value is -1.87. The van der Waals surface area contributed by atoms with Crippen molar-refractivity contribution < 1.29 is 4.79 Å². The topological polar surface area (TPSA) is 20.3 Å². The van der Waals surface area contributed by atoms with Crippen LogP contribution in [0.2, 0.25) is 0 Å². The predicted molar refractivity (Wildman–Crippen MR) is 83.6 cm³/mol. The lowest BCUT2D eigenvalue weighted by Gasteiger charge is -2.32. The highest BCUT2D eigenvalue weighted by Gasteiger charge is 2.26. The first kappa shape index (κ1) is 13.1. The molecule has 3 rings (SSSR count). The van der Waals surface area contributed by atoms with Gasteiger partial charge < -0.3 is 4.90 Å². The second-order valence-electron chi connectivity index (χ2n) is 5.00. The highest BCUT2D eigenvalue weighted by atomic mass is 32.1. The SMILES string of the molecule is C[C@@H]1c2ccsc2CCN1C(=O)/C=C/c1ccccc1. The van der Waals surface area contributed by atoms with E-state index in [2.05, 4.69) is 18.4 Å². The second-order valence-corrected chi connectivity index (χ2v) is 6.00. The third-order valence-electron chi connectivity index (χ3n) is 3.78. The van der Waals surface area contributed by atoms with Crippen LogP contribution >= 0.6 is 11.3 Å². The molecular formula is C17H17NOS. The number of amides is 1. The minimum absolute atomic E-state index is 0.0956. The molecule has 20 heavy (non-hydrogen) atoms. The van der Waals surface area contributed by atoms with Crippen LogP contribution in [0.1, 0.15) is 29.0 Å². The van der Waals surface area contributed by atoms with E-state index in [1.54, 1.807) is 17.4 Å². The Morgan fingerprint density at radius 1 is 1.30 bits per heavy atom. The van der Waals surface area contributed by atoms with Crippen LogP contribution in [0.25, 0.3) is 6.08 Å². The molecule has 3 heteroatoms. The largest absolute Gasteiger partial charge is 0.332 e. The summed E-state index contributed by atoms with van der Waals surface area (Å²) in [5.41, 5.74) is 2.37. The van der Waals surface area contributed by atoms with Crippen molar-refractivity contribution in [2.45, 2.75) is 19.4 Å². The standard InChI is InChI=1S/C17H17NOS/c1-13-15-10-12-20-16(15)9-11-18(13)17(19)8-7-14-5-3-2-4-6-14/h2-8,10,12-13H,9,11H2,1H3/b8-7+/t13-/m1/s1. The lowest BCUT2D eigenvalue weighted by atomic mass is 10.0. The van der Waals surface area contributed by atoms with Gasteiger partial charge in [0.05, 0.1) is 6.04 Å². The Balaban J connectivity index is 1.74. The lowest BCUT2D eigenvalue weighted by molar-refractivity contribution is -0.128. The Morgan fingerprint density at radius 2 is 2.10 bits per heavy atom. The maximum atomic E-state index is 12.4. The van der Waals surface area contributed by atoms with E-state index < -0.39 is 0 Å². The molecule has 0 N–H and O–H groups in total. The fourth-order valence-electron chi connectivity index (χ4n) is 2.64. The summed E-state index contributed by atoms with van der Waals surface area (Å²) in [5.74, 6) is 0.0956. The van der Waals surface area contributed by atoms with Crippen LogP contribution in [-0.2, 0) is 11.2 Å². The average Bonchev–Trinajstić information content (AvgIpc) is 2.96. The first-order chi connectivity index (χ1) is 9.75. The lowest BCUT2D eigenvalue weighted by Crippen LogP contribution is -2.37. The van der Waals surface area contributed by atoms with Crippen LogP contribution in [0.4, 0.5) is 0 Å². The summed E-state index contributed by atoms with van der Waals surface area (Å²) in [5, 5.41) is 2.12. The van der Waals surface area contributed by atoms with E-state index in [-0.39, 0.29) is 11.9 Å². The predicted octanol–water partition coefficient (Wildman–Crippen LogP) is 3.91. The number of fused-ring (bicyclic) bond motifs is 1. The van der Waals surface area contributed by atoms with E-state index in [1.807, 2.05) is 41.3 Å². The van der Waals surface area contributed by atoms with Crippen LogP contribution < -0.4 is 0 Å². The number of thiophene rings is 1. The van der Waals surface area contributed by atoms with Gasteiger partial charge in [0.2, 0.25) is 5.91 Å². The second kappa shape index (κ2) is 5.63. The molecule has 0 unspecified atom stereocenters. The molecule has 0 fully saturated rings. The van der Waals surface area contributed by atoms with Gasteiger partial charge in [-0.2, -0.15) is 0 Å². The van der Waals surface area contributed by atoms with Crippen molar-refractivity contribution in [3.05, 3.63) is 63.9 Å². The Kier molecular flexibility index (Phi) is 3.70. The quantitative estimate of drug-likeness (QED) is 0.765. The van der Waals surface area contributed by atoms with Gasteiger partial charge in [-0.15, -0.1) is 11.3 Å². The zero-order valence-electron chi connectivity index (χ0n) is 11.5. The highest BCUT2D eigenvalue weighted by molar-refractivity contribution is 7.10. The van der Waals surface area contributed by atoms with Gasteiger partial charge in [0.15, 0.2) is 0 Å². The molecule has 2 aromatic rings. The van der Waals surface area contributed by atoms with Gasteiger partial charge in [-0.1, -0.05) is 30.3 Å². The molecule has 0 saturated carbocycles. The van der Waals surface area contributed by atoms with E-state index in [0.29, 0.717) is 0 Å². The van der Waals surface area contributed by atoms with E-state index in [4.69, 9.17) is 0 Å². The summed E-state index contributed by atoms with van der Waals surface area (Å²) >= 11 is 1.80. The molecule has 1 aliphatic rings. The molecule has 1 aromatic carbocycles. The summed E-state index contributed by atoms with van der Waals surface area (Å²) in [6, 6.07) is 12.3. The number of nitrogens with zero attached hydrogens (tertiary/aromatic N) is 1. The first-order valence-corrected chi connectivity index (χ1v) is 7.73. The number of carbonyl (C=O) groups excluding carboxylic acids is 1. The molecule has 0 radical (unpaired) electrons. The van der Waals surface area contributed by atoms with Crippen molar-refractivity contribution in [3.63, 3.8) is 0 Å².